The van der Waals surface area contributed by atoms with Gasteiger partial charge in [0.25, 0.3) is 5.91 Å². The summed E-state index contributed by atoms with van der Waals surface area (Å²) < 4.78 is 13.9. The van der Waals surface area contributed by atoms with Crippen molar-refractivity contribution in [3.05, 3.63) is 70.7 Å². The van der Waals surface area contributed by atoms with Gasteiger partial charge >= 0.3 is 0 Å². The second-order valence-corrected chi connectivity index (χ2v) is 5.31. The van der Waals surface area contributed by atoms with E-state index in [1.807, 2.05) is 30.3 Å². The van der Waals surface area contributed by atoms with Gasteiger partial charge in [-0.05, 0) is 45.6 Å². The van der Waals surface area contributed by atoms with Gasteiger partial charge in [0, 0.05) is 16.1 Å². The number of halogens is 2. The summed E-state index contributed by atoms with van der Waals surface area (Å²) in [6, 6.07) is 13.4. The molecule has 1 N–H and O–H groups in total. The SMILES string of the molecule is O=C(Nc1cc(F)ccc1Br)c1nccc2ccccc12. The van der Waals surface area contributed by atoms with Gasteiger partial charge in [0.05, 0.1) is 5.69 Å². The zero-order chi connectivity index (χ0) is 14.8. The number of nitrogens with zero attached hydrogens (tertiary/aromatic N) is 1. The molecule has 5 heteroatoms. The minimum Gasteiger partial charge on any atom is -0.319 e. The maximum atomic E-state index is 13.3. The van der Waals surface area contributed by atoms with Crippen molar-refractivity contribution < 1.29 is 9.18 Å². The van der Waals surface area contributed by atoms with E-state index in [-0.39, 0.29) is 5.91 Å². The van der Waals surface area contributed by atoms with Crippen molar-refractivity contribution in [2.24, 2.45) is 0 Å². The van der Waals surface area contributed by atoms with Gasteiger partial charge in [-0.3, -0.25) is 9.78 Å². The average Bonchev–Trinajstić information content (AvgIpc) is 2.50. The Balaban J connectivity index is 1.99. The average molecular weight is 345 g/mol. The number of aromatic nitrogens is 1. The number of nitrogens with one attached hydrogen (secondary N) is 1. The summed E-state index contributed by atoms with van der Waals surface area (Å²) in [6.45, 7) is 0. The molecule has 3 nitrogen and oxygen atoms in total. The number of benzene rings is 2. The molecule has 0 aliphatic rings. The van der Waals surface area contributed by atoms with Crippen LogP contribution in [0.25, 0.3) is 10.8 Å². The summed E-state index contributed by atoms with van der Waals surface area (Å²) in [5.74, 6) is -0.794. The zero-order valence-corrected chi connectivity index (χ0v) is 12.4. The zero-order valence-electron chi connectivity index (χ0n) is 10.8. The largest absolute Gasteiger partial charge is 0.319 e. The molecule has 0 aliphatic heterocycles. The van der Waals surface area contributed by atoms with Crippen LogP contribution in [0.5, 0.6) is 0 Å². The Kier molecular flexibility index (Phi) is 3.66. The predicted octanol–water partition coefficient (Wildman–Crippen LogP) is 4.39. The minimum atomic E-state index is -0.417. The molecule has 21 heavy (non-hydrogen) atoms. The summed E-state index contributed by atoms with van der Waals surface area (Å²) in [4.78, 5) is 16.5. The van der Waals surface area contributed by atoms with E-state index in [2.05, 4.69) is 26.2 Å². The number of carbonyl (C=O) groups is 1. The highest BCUT2D eigenvalue weighted by Gasteiger charge is 2.13. The van der Waals surface area contributed by atoms with Crippen molar-refractivity contribution in [1.29, 1.82) is 0 Å². The lowest BCUT2D eigenvalue weighted by Gasteiger charge is -2.09. The van der Waals surface area contributed by atoms with Crippen molar-refractivity contribution in [3.8, 4) is 0 Å². The van der Waals surface area contributed by atoms with E-state index in [4.69, 9.17) is 0 Å². The summed E-state index contributed by atoms with van der Waals surface area (Å²) in [5, 5.41) is 4.35. The van der Waals surface area contributed by atoms with E-state index in [0.29, 0.717) is 15.9 Å². The van der Waals surface area contributed by atoms with Crippen molar-refractivity contribution in [3.63, 3.8) is 0 Å². The molecule has 0 atom stereocenters. The molecule has 104 valence electrons. The monoisotopic (exact) mass is 344 g/mol. The molecule has 0 saturated carbocycles. The molecule has 1 heterocycles. The molecule has 0 radical (unpaired) electrons. The van der Waals surface area contributed by atoms with E-state index in [9.17, 15) is 9.18 Å². The molecular formula is C16H10BrFN2O. The molecule has 0 bridgehead atoms. The Morgan fingerprint density at radius 1 is 1.14 bits per heavy atom. The van der Waals surface area contributed by atoms with Crippen LogP contribution in [0.3, 0.4) is 0 Å². The molecule has 0 fully saturated rings. The molecule has 0 spiro atoms. The summed E-state index contributed by atoms with van der Waals surface area (Å²) in [7, 11) is 0. The molecule has 1 aromatic heterocycles. The Bertz CT molecular complexity index is 830. The Morgan fingerprint density at radius 3 is 2.81 bits per heavy atom. The molecule has 0 unspecified atom stereocenters. The number of fused-ring (bicyclic) bond motifs is 1. The van der Waals surface area contributed by atoms with Gasteiger partial charge < -0.3 is 5.32 Å². The Morgan fingerprint density at radius 2 is 1.95 bits per heavy atom. The van der Waals surface area contributed by atoms with Crippen LogP contribution in [-0.4, -0.2) is 10.9 Å². The first-order valence-corrected chi connectivity index (χ1v) is 7.04. The summed E-state index contributed by atoms with van der Waals surface area (Å²) in [5.41, 5.74) is 0.680. The quantitative estimate of drug-likeness (QED) is 0.749. The van der Waals surface area contributed by atoms with Crippen molar-refractivity contribution in [1.82, 2.24) is 4.98 Å². The third kappa shape index (κ3) is 2.78. The lowest BCUT2D eigenvalue weighted by molar-refractivity contribution is 0.102. The lowest BCUT2D eigenvalue weighted by atomic mass is 10.1. The molecule has 0 saturated heterocycles. The second-order valence-electron chi connectivity index (χ2n) is 4.46. The highest BCUT2D eigenvalue weighted by atomic mass is 79.9. The van der Waals surface area contributed by atoms with Gasteiger partial charge in [-0.15, -0.1) is 0 Å². The third-order valence-corrected chi connectivity index (χ3v) is 3.76. The maximum Gasteiger partial charge on any atom is 0.274 e. The smallest absolute Gasteiger partial charge is 0.274 e. The molecule has 0 aliphatic carbocycles. The molecular weight excluding hydrogens is 335 g/mol. The fourth-order valence-electron chi connectivity index (χ4n) is 2.08. The van der Waals surface area contributed by atoms with Crippen LogP contribution in [0.2, 0.25) is 0 Å². The van der Waals surface area contributed by atoms with Crippen molar-refractivity contribution in [2.75, 3.05) is 5.32 Å². The van der Waals surface area contributed by atoms with E-state index in [0.717, 1.165) is 10.8 Å². The van der Waals surface area contributed by atoms with Gasteiger partial charge in [-0.25, -0.2) is 4.39 Å². The maximum absolute atomic E-state index is 13.3. The van der Waals surface area contributed by atoms with Crippen LogP contribution < -0.4 is 5.32 Å². The standard InChI is InChI=1S/C16H10BrFN2O/c17-13-6-5-11(18)9-14(13)20-16(21)15-12-4-2-1-3-10(12)7-8-19-15/h1-9H,(H,20,21). The first-order chi connectivity index (χ1) is 10.1. The fourth-order valence-corrected chi connectivity index (χ4v) is 2.42. The number of hydrogen-bond acceptors (Lipinski definition) is 2. The first-order valence-electron chi connectivity index (χ1n) is 6.25. The van der Waals surface area contributed by atoms with E-state index >= 15 is 0 Å². The number of rotatable bonds is 2. The van der Waals surface area contributed by atoms with Crippen LogP contribution in [0.4, 0.5) is 10.1 Å². The lowest BCUT2D eigenvalue weighted by Crippen LogP contribution is -2.14. The van der Waals surface area contributed by atoms with Gasteiger partial charge in [0.1, 0.15) is 11.5 Å². The van der Waals surface area contributed by atoms with Crippen LogP contribution in [0, 0.1) is 5.82 Å². The van der Waals surface area contributed by atoms with E-state index < -0.39 is 5.82 Å². The van der Waals surface area contributed by atoms with Gasteiger partial charge in [0.15, 0.2) is 0 Å². The van der Waals surface area contributed by atoms with Gasteiger partial charge in [0.2, 0.25) is 0 Å². The van der Waals surface area contributed by atoms with Crippen LogP contribution in [-0.2, 0) is 0 Å². The molecule has 3 aromatic rings. The highest BCUT2D eigenvalue weighted by Crippen LogP contribution is 2.24. The number of anilines is 1. The van der Waals surface area contributed by atoms with Crippen LogP contribution >= 0.6 is 15.9 Å². The molecule has 3 rings (SSSR count). The second kappa shape index (κ2) is 5.61. The van der Waals surface area contributed by atoms with Crippen molar-refractivity contribution >= 4 is 38.3 Å². The number of hydrogen-bond donors (Lipinski definition) is 1. The van der Waals surface area contributed by atoms with Crippen LogP contribution in [0.15, 0.2) is 59.2 Å². The van der Waals surface area contributed by atoms with Crippen molar-refractivity contribution in [2.45, 2.75) is 0 Å². The third-order valence-electron chi connectivity index (χ3n) is 3.07. The Hall–Kier alpha value is -2.27. The topological polar surface area (TPSA) is 42.0 Å². The molecule has 2 aromatic carbocycles. The minimum absolute atomic E-state index is 0.310. The van der Waals surface area contributed by atoms with E-state index in [1.165, 1.54) is 12.1 Å². The Labute approximate surface area is 128 Å². The summed E-state index contributed by atoms with van der Waals surface area (Å²) in [6.07, 6.45) is 1.58. The number of carbonyl (C=O) groups excluding carboxylic acids is 1. The van der Waals surface area contributed by atoms with Gasteiger partial charge in [-0.2, -0.15) is 0 Å². The highest BCUT2D eigenvalue weighted by molar-refractivity contribution is 9.10. The fraction of sp³-hybridized carbons (Fsp3) is 0. The molecule has 1 amide bonds. The summed E-state index contributed by atoms with van der Waals surface area (Å²) >= 11 is 3.28. The normalized spacial score (nSPS) is 10.6. The number of pyridine rings is 1. The first kappa shape index (κ1) is 13.7. The van der Waals surface area contributed by atoms with Crippen LogP contribution in [0.1, 0.15) is 10.5 Å². The number of amides is 1. The van der Waals surface area contributed by atoms with E-state index in [1.54, 1.807) is 12.3 Å². The predicted molar refractivity (Wildman–Crippen MR) is 83.8 cm³/mol. The van der Waals surface area contributed by atoms with Gasteiger partial charge in [-0.1, -0.05) is 24.3 Å².